The first kappa shape index (κ1) is 16.1. The molecule has 1 amide bonds. The third kappa shape index (κ3) is 3.41. The van der Waals surface area contributed by atoms with E-state index in [9.17, 15) is 4.79 Å². The van der Waals surface area contributed by atoms with Crippen molar-refractivity contribution in [2.45, 2.75) is 6.54 Å². The van der Waals surface area contributed by atoms with E-state index in [1.807, 2.05) is 54.7 Å². The first-order valence-corrected chi connectivity index (χ1v) is 7.75. The van der Waals surface area contributed by atoms with Gasteiger partial charge < -0.3 is 9.30 Å². The minimum atomic E-state index is -0.606. The van der Waals surface area contributed by atoms with Crippen LogP contribution in [-0.2, 0) is 11.3 Å². The van der Waals surface area contributed by atoms with Gasteiger partial charge in [0.25, 0.3) is 0 Å². The molecule has 0 saturated heterocycles. The number of aromatic nitrogens is 1. The molecule has 0 aliphatic heterocycles. The number of fused-ring (bicyclic) bond motifs is 1. The van der Waals surface area contributed by atoms with Gasteiger partial charge in [0.2, 0.25) is 0 Å². The van der Waals surface area contributed by atoms with Gasteiger partial charge in [-0.2, -0.15) is 5.10 Å². The topological polar surface area (TPSA) is 55.6 Å². The van der Waals surface area contributed by atoms with Gasteiger partial charge in [-0.15, -0.1) is 0 Å². The molecule has 0 saturated carbocycles. The lowest BCUT2D eigenvalue weighted by Gasteiger charge is -2.07. The Labute approximate surface area is 144 Å². The number of nitrogens with one attached hydrogen (secondary N) is 1. The molecule has 0 radical (unpaired) electrons. The largest absolute Gasteiger partial charge is 0.452 e. The van der Waals surface area contributed by atoms with E-state index < -0.39 is 6.09 Å². The highest BCUT2D eigenvalue weighted by molar-refractivity contribution is 6.31. The molecule has 1 aromatic heterocycles. The van der Waals surface area contributed by atoms with Gasteiger partial charge in [-0.3, -0.25) is 0 Å². The monoisotopic (exact) mass is 341 g/mol. The van der Waals surface area contributed by atoms with E-state index >= 15 is 0 Å². The molecule has 0 spiro atoms. The fourth-order valence-corrected chi connectivity index (χ4v) is 2.71. The molecule has 2 aromatic carbocycles. The summed E-state index contributed by atoms with van der Waals surface area (Å²) < 4.78 is 6.60. The number of amides is 1. The molecule has 0 aliphatic carbocycles. The molecule has 3 aromatic rings. The normalized spacial score (nSPS) is 11.1. The van der Waals surface area contributed by atoms with Crippen LogP contribution in [0.15, 0.2) is 59.8 Å². The van der Waals surface area contributed by atoms with Crippen molar-refractivity contribution in [3.63, 3.8) is 0 Å². The van der Waals surface area contributed by atoms with Crippen molar-refractivity contribution in [1.29, 1.82) is 0 Å². The lowest BCUT2D eigenvalue weighted by Crippen LogP contribution is -2.16. The van der Waals surface area contributed by atoms with Crippen LogP contribution in [0.3, 0.4) is 0 Å². The maximum atomic E-state index is 11.1. The molecule has 3 rings (SSSR count). The Morgan fingerprint density at radius 1 is 1.25 bits per heavy atom. The SMILES string of the molecule is COC(=O)N/N=C/c1cn(Cc2ccccc2Cl)c2ccccc12. The molecule has 0 atom stereocenters. The zero-order chi connectivity index (χ0) is 16.9. The Hall–Kier alpha value is -2.79. The number of carbonyl (C=O) groups is 1. The molecule has 0 bridgehead atoms. The van der Waals surface area contributed by atoms with Gasteiger partial charge in [-0.1, -0.05) is 48.0 Å². The predicted molar refractivity (Wildman–Crippen MR) is 95.6 cm³/mol. The Balaban J connectivity index is 1.94. The third-order valence-corrected chi connectivity index (χ3v) is 4.03. The molecule has 0 fully saturated rings. The zero-order valence-electron chi connectivity index (χ0n) is 13.1. The standard InChI is InChI=1S/C18H16ClN3O2/c1-24-18(23)21-20-10-14-12-22(17-9-5-3-7-15(14)17)11-13-6-2-4-8-16(13)19/h2-10,12H,11H2,1H3,(H,21,23)/b20-10+. The number of hydrogen-bond acceptors (Lipinski definition) is 3. The second kappa shape index (κ2) is 7.19. The van der Waals surface area contributed by atoms with E-state index in [0.717, 1.165) is 27.1 Å². The smallest absolute Gasteiger partial charge is 0.427 e. The molecular weight excluding hydrogens is 326 g/mol. The first-order chi connectivity index (χ1) is 11.7. The molecular formula is C18H16ClN3O2. The van der Waals surface area contributed by atoms with E-state index in [1.54, 1.807) is 6.21 Å². The van der Waals surface area contributed by atoms with E-state index in [1.165, 1.54) is 7.11 Å². The number of ether oxygens (including phenoxy) is 1. The molecule has 1 N–H and O–H groups in total. The molecule has 122 valence electrons. The van der Waals surface area contributed by atoms with Crippen LogP contribution >= 0.6 is 11.6 Å². The Morgan fingerprint density at radius 3 is 2.79 bits per heavy atom. The fraction of sp³-hybridized carbons (Fsp3) is 0.111. The number of hydrazone groups is 1. The summed E-state index contributed by atoms with van der Waals surface area (Å²) in [5.41, 5.74) is 5.29. The van der Waals surface area contributed by atoms with Crippen molar-refractivity contribution in [2.75, 3.05) is 7.11 Å². The van der Waals surface area contributed by atoms with E-state index in [0.29, 0.717) is 6.54 Å². The average molecular weight is 342 g/mol. The zero-order valence-corrected chi connectivity index (χ0v) is 13.8. The van der Waals surface area contributed by atoms with Crippen LogP contribution in [0, 0.1) is 0 Å². The van der Waals surface area contributed by atoms with Gasteiger partial charge in [0.1, 0.15) is 0 Å². The summed E-state index contributed by atoms with van der Waals surface area (Å²) in [6.45, 7) is 0.651. The van der Waals surface area contributed by atoms with Crippen molar-refractivity contribution in [3.05, 3.63) is 70.9 Å². The molecule has 24 heavy (non-hydrogen) atoms. The third-order valence-electron chi connectivity index (χ3n) is 3.66. The fourth-order valence-electron chi connectivity index (χ4n) is 2.52. The van der Waals surface area contributed by atoms with Crippen LogP contribution in [0.4, 0.5) is 4.79 Å². The maximum Gasteiger partial charge on any atom is 0.427 e. The number of nitrogens with zero attached hydrogens (tertiary/aromatic N) is 2. The van der Waals surface area contributed by atoms with E-state index in [4.69, 9.17) is 11.6 Å². The Kier molecular flexibility index (Phi) is 4.82. The highest BCUT2D eigenvalue weighted by Gasteiger charge is 2.08. The van der Waals surface area contributed by atoms with Crippen LogP contribution in [0.25, 0.3) is 10.9 Å². The summed E-state index contributed by atoms with van der Waals surface area (Å²) in [6, 6.07) is 15.8. The van der Waals surface area contributed by atoms with Crippen molar-refractivity contribution < 1.29 is 9.53 Å². The second-order valence-corrected chi connectivity index (χ2v) is 5.59. The number of rotatable bonds is 4. The van der Waals surface area contributed by atoms with Crippen LogP contribution in [-0.4, -0.2) is 24.0 Å². The number of para-hydroxylation sites is 1. The van der Waals surface area contributed by atoms with Gasteiger partial charge in [-0.25, -0.2) is 10.2 Å². The molecule has 6 heteroatoms. The maximum absolute atomic E-state index is 11.1. The summed E-state index contributed by atoms with van der Waals surface area (Å²) in [7, 11) is 1.29. The lowest BCUT2D eigenvalue weighted by molar-refractivity contribution is 0.171. The highest BCUT2D eigenvalue weighted by atomic mass is 35.5. The van der Waals surface area contributed by atoms with Crippen molar-refractivity contribution >= 4 is 34.8 Å². The van der Waals surface area contributed by atoms with Crippen LogP contribution in [0.1, 0.15) is 11.1 Å². The van der Waals surface area contributed by atoms with Crippen LogP contribution < -0.4 is 5.43 Å². The Bertz CT molecular complexity index is 902. The van der Waals surface area contributed by atoms with E-state index in [2.05, 4.69) is 19.8 Å². The number of halogens is 1. The number of methoxy groups -OCH3 is 1. The van der Waals surface area contributed by atoms with E-state index in [-0.39, 0.29) is 0 Å². The number of hydrogen-bond donors (Lipinski definition) is 1. The van der Waals surface area contributed by atoms with Gasteiger partial charge >= 0.3 is 6.09 Å². The predicted octanol–water partition coefficient (Wildman–Crippen LogP) is 4.03. The summed E-state index contributed by atoms with van der Waals surface area (Å²) in [4.78, 5) is 11.1. The molecule has 1 heterocycles. The molecule has 0 aliphatic rings. The second-order valence-electron chi connectivity index (χ2n) is 5.18. The first-order valence-electron chi connectivity index (χ1n) is 7.37. The van der Waals surface area contributed by atoms with Gasteiger partial charge in [0.05, 0.1) is 13.3 Å². The van der Waals surface area contributed by atoms with Gasteiger partial charge in [0.15, 0.2) is 0 Å². The summed E-state index contributed by atoms with van der Waals surface area (Å²) in [5, 5.41) is 5.69. The average Bonchev–Trinajstić information content (AvgIpc) is 2.95. The summed E-state index contributed by atoms with van der Waals surface area (Å²) >= 11 is 6.27. The van der Waals surface area contributed by atoms with Crippen molar-refractivity contribution in [3.8, 4) is 0 Å². The van der Waals surface area contributed by atoms with Crippen LogP contribution in [0.5, 0.6) is 0 Å². The highest BCUT2D eigenvalue weighted by Crippen LogP contribution is 2.23. The van der Waals surface area contributed by atoms with Crippen molar-refractivity contribution in [1.82, 2.24) is 9.99 Å². The van der Waals surface area contributed by atoms with Gasteiger partial charge in [0, 0.05) is 34.2 Å². The number of benzene rings is 2. The summed E-state index contributed by atoms with van der Waals surface area (Å²) in [6.07, 6.45) is 2.98. The van der Waals surface area contributed by atoms with Crippen molar-refractivity contribution in [2.24, 2.45) is 5.10 Å². The number of carbonyl (C=O) groups excluding carboxylic acids is 1. The Morgan fingerprint density at radius 2 is 2.00 bits per heavy atom. The molecule has 0 unspecified atom stereocenters. The minimum Gasteiger partial charge on any atom is -0.452 e. The van der Waals surface area contributed by atoms with Crippen LogP contribution in [0.2, 0.25) is 5.02 Å². The minimum absolute atomic E-state index is 0.606. The molecule has 5 nitrogen and oxygen atoms in total. The van der Waals surface area contributed by atoms with Gasteiger partial charge in [-0.05, 0) is 17.7 Å². The lowest BCUT2D eigenvalue weighted by atomic mass is 10.2. The quantitative estimate of drug-likeness (QED) is 0.575. The summed E-state index contributed by atoms with van der Waals surface area (Å²) in [5.74, 6) is 0.